The van der Waals surface area contributed by atoms with Gasteiger partial charge < -0.3 is 14.8 Å². The minimum Gasteiger partial charge on any atom is -0.490 e. The van der Waals surface area contributed by atoms with Crippen molar-refractivity contribution in [1.82, 2.24) is 9.27 Å². The molecular formula is C23H28N2O4S. The van der Waals surface area contributed by atoms with E-state index >= 15 is 0 Å². The first kappa shape index (κ1) is 21.9. The van der Waals surface area contributed by atoms with Gasteiger partial charge in [-0.2, -0.15) is 0 Å². The van der Waals surface area contributed by atoms with Gasteiger partial charge in [-0.25, -0.2) is 0 Å². The second kappa shape index (κ2) is 10.3. The number of fused-ring (bicyclic) bond motifs is 1. The molecule has 0 aliphatic rings. The molecule has 1 atom stereocenters. The number of amides is 1. The Bertz CT molecular complexity index is 1060. The molecule has 1 aromatic heterocycles. The first-order chi connectivity index (χ1) is 14.6. The number of carbonyl (C=O) groups excluding carboxylic acids is 1. The lowest BCUT2D eigenvalue weighted by Gasteiger charge is -2.16. The Kier molecular flexibility index (Phi) is 7.52. The van der Waals surface area contributed by atoms with Gasteiger partial charge in [0.1, 0.15) is 6.04 Å². The standard InChI is InChI=1S/C23H28N2O4S/c1-4-18(25-23(27)17-9-7-8-10-21(17)30-25)22(26)24-14-13-16-11-12-19(28-5-2)20(15-16)29-6-3/h7-12,15,18H,4-6,13-14H2,1-3H3,(H,24,26). The highest BCUT2D eigenvalue weighted by Crippen LogP contribution is 2.28. The number of nitrogens with zero attached hydrogens (tertiary/aromatic N) is 1. The number of carbonyl (C=O) groups is 1. The minimum absolute atomic E-state index is 0.106. The molecule has 3 rings (SSSR count). The molecule has 1 amide bonds. The van der Waals surface area contributed by atoms with E-state index < -0.39 is 6.04 Å². The zero-order valence-electron chi connectivity index (χ0n) is 17.6. The summed E-state index contributed by atoms with van der Waals surface area (Å²) in [5.74, 6) is 1.30. The van der Waals surface area contributed by atoms with Gasteiger partial charge in [-0.05, 0) is 56.5 Å². The van der Waals surface area contributed by atoms with Gasteiger partial charge in [0.15, 0.2) is 11.5 Å². The quantitative estimate of drug-likeness (QED) is 0.526. The van der Waals surface area contributed by atoms with Crippen molar-refractivity contribution in [3.8, 4) is 11.5 Å². The molecule has 0 saturated heterocycles. The van der Waals surface area contributed by atoms with Crippen molar-refractivity contribution in [3.63, 3.8) is 0 Å². The number of hydrogen-bond acceptors (Lipinski definition) is 5. The van der Waals surface area contributed by atoms with Crippen molar-refractivity contribution in [1.29, 1.82) is 0 Å². The number of nitrogens with one attached hydrogen (secondary N) is 1. The van der Waals surface area contributed by atoms with Crippen LogP contribution in [0.2, 0.25) is 0 Å². The van der Waals surface area contributed by atoms with E-state index in [1.165, 1.54) is 11.5 Å². The summed E-state index contributed by atoms with van der Waals surface area (Å²) < 4.78 is 13.7. The predicted molar refractivity (Wildman–Crippen MR) is 121 cm³/mol. The van der Waals surface area contributed by atoms with E-state index in [-0.39, 0.29) is 11.5 Å². The van der Waals surface area contributed by atoms with Crippen LogP contribution in [0.15, 0.2) is 47.3 Å². The molecule has 0 spiro atoms. The average Bonchev–Trinajstić information content (AvgIpc) is 3.07. The lowest BCUT2D eigenvalue weighted by atomic mass is 10.1. The second-order valence-corrected chi connectivity index (χ2v) is 7.85. The second-order valence-electron chi connectivity index (χ2n) is 6.83. The molecule has 6 nitrogen and oxygen atoms in total. The zero-order valence-corrected chi connectivity index (χ0v) is 18.5. The van der Waals surface area contributed by atoms with Crippen molar-refractivity contribution >= 4 is 27.5 Å². The molecule has 30 heavy (non-hydrogen) atoms. The number of aromatic nitrogens is 1. The van der Waals surface area contributed by atoms with Gasteiger partial charge in [0.25, 0.3) is 5.56 Å². The van der Waals surface area contributed by atoms with Gasteiger partial charge in [0.2, 0.25) is 5.91 Å². The highest BCUT2D eigenvalue weighted by Gasteiger charge is 2.22. The lowest BCUT2D eigenvalue weighted by Crippen LogP contribution is -2.36. The number of ether oxygens (including phenoxy) is 2. The highest BCUT2D eigenvalue weighted by atomic mass is 32.1. The summed E-state index contributed by atoms with van der Waals surface area (Å²) >= 11 is 1.34. The third-order valence-corrected chi connectivity index (χ3v) is 5.98. The first-order valence-electron chi connectivity index (χ1n) is 10.4. The maximum absolute atomic E-state index is 12.8. The predicted octanol–water partition coefficient (Wildman–Crippen LogP) is 4.17. The molecule has 1 heterocycles. The monoisotopic (exact) mass is 428 g/mol. The summed E-state index contributed by atoms with van der Waals surface area (Å²) in [6.45, 7) is 7.40. The topological polar surface area (TPSA) is 69.6 Å². The van der Waals surface area contributed by atoms with Crippen LogP contribution in [-0.4, -0.2) is 29.6 Å². The Morgan fingerprint density at radius 3 is 2.50 bits per heavy atom. The van der Waals surface area contributed by atoms with Crippen LogP contribution in [0.1, 0.15) is 38.8 Å². The molecule has 160 valence electrons. The van der Waals surface area contributed by atoms with Crippen LogP contribution in [0.4, 0.5) is 0 Å². The SMILES string of the molecule is CCOc1ccc(CCNC(=O)C(CC)n2sc3ccccc3c2=O)cc1OCC. The van der Waals surface area contributed by atoms with Crippen molar-refractivity contribution in [2.24, 2.45) is 0 Å². The van der Waals surface area contributed by atoms with Crippen LogP contribution < -0.4 is 20.3 Å². The molecule has 1 unspecified atom stereocenters. The number of hydrogen-bond donors (Lipinski definition) is 1. The minimum atomic E-state index is -0.505. The lowest BCUT2D eigenvalue weighted by molar-refractivity contribution is -0.124. The average molecular weight is 429 g/mol. The normalized spacial score (nSPS) is 12.0. The molecule has 0 aliphatic carbocycles. The highest BCUT2D eigenvalue weighted by molar-refractivity contribution is 7.14. The van der Waals surface area contributed by atoms with Gasteiger partial charge in [0.05, 0.1) is 23.3 Å². The van der Waals surface area contributed by atoms with Gasteiger partial charge >= 0.3 is 0 Å². The van der Waals surface area contributed by atoms with Crippen LogP contribution in [0.5, 0.6) is 11.5 Å². The Balaban J connectivity index is 1.66. The van der Waals surface area contributed by atoms with E-state index in [1.54, 1.807) is 10.0 Å². The maximum atomic E-state index is 12.8. The van der Waals surface area contributed by atoms with Crippen molar-refractivity contribution in [2.75, 3.05) is 19.8 Å². The van der Waals surface area contributed by atoms with Crippen LogP contribution in [0.3, 0.4) is 0 Å². The molecule has 7 heteroatoms. The molecule has 3 aromatic rings. The van der Waals surface area contributed by atoms with Crippen LogP contribution >= 0.6 is 11.5 Å². The Hall–Kier alpha value is -2.80. The third kappa shape index (κ3) is 4.84. The smallest absolute Gasteiger partial charge is 0.269 e. The molecule has 0 aliphatic heterocycles. The molecule has 0 radical (unpaired) electrons. The summed E-state index contributed by atoms with van der Waals surface area (Å²) in [6.07, 6.45) is 1.21. The molecule has 0 fully saturated rings. The van der Waals surface area contributed by atoms with E-state index in [1.807, 2.05) is 57.2 Å². The summed E-state index contributed by atoms with van der Waals surface area (Å²) in [5, 5.41) is 3.64. The van der Waals surface area contributed by atoms with Crippen LogP contribution in [0, 0.1) is 0 Å². The first-order valence-corrected chi connectivity index (χ1v) is 11.1. The summed E-state index contributed by atoms with van der Waals surface area (Å²) in [7, 11) is 0. The van der Waals surface area contributed by atoms with E-state index in [9.17, 15) is 9.59 Å². The maximum Gasteiger partial charge on any atom is 0.269 e. The Morgan fingerprint density at radius 2 is 1.80 bits per heavy atom. The zero-order chi connectivity index (χ0) is 21.5. The molecule has 2 aromatic carbocycles. The fourth-order valence-electron chi connectivity index (χ4n) is 3.35. The fraction of sp³-hybridized carbons (Fsp3) is 0.391. The molecule has 0 bridgehead atoms. The Morgan fingerprint density at radius 1 is 1.07 bits per heavy atom. The molecular weight excluding hydrogens is 400 g/mol. The fourth-order valence-corrected chi connectivity index (χ4v) is 4.51. The van der Waals surface area contributed by atoms with Crippen LogP contribution in [0.25, 0.3) is 10.1 Å². The van der Waals surface area contributed by atoms with Crippen molar-refractivity contribution in [3.05, 3.63) is 58.4 Å². The van der Waals surface area contributed by atoms with E-state index in [2.05, 4.69) is 5.32 Å². The summed E-state index contributed by atoms with van der Waals surface area (Å²) in [4.78, 5) is 25.5. The van der Waals surface area contributed by atoms with Gasteiger partial charge in [-0.15, -0.1) is 0 Å². The molecule has 1 N–H and O–H groups in total. The van der Waals surface area contributed by atoms with Crippen molar-refractivity contribution in [2.45, 2.75) is 39.7 Å². The number of rotatable bonds is 10. The van der Waals surface area contributed by atoms with Gasteiger partial charge in [-0.3, -0.25) is 13.5 Å². The summed E-state index contributed by atoms with van der Waals surface area (Å²) in [5.41, 5.74) is 0.944. The number of benzene rings is 2. The van der Waals surface area contributed by atoms with Crippen molar-refractivity contribution < 1.29 is 14.3 Å². The largest absolute Gasteiger partial charge is 0.490 e. The van der Waals surface area contributed by atoms with E-state index in [0.717, 1.165) is 16.0 Å². The summed E-state index contributed by atoms with van der Waals surface area (Å²) in [6, 6.07) is 12.8. The van der Waals surface area contributed by atoms with E-state index in [4.69, 9.17) is 9.47 Å². The Labute approximate surface area is 180 Å². The third-order valence-electron chi connectivity index (χ3n) is 4.81. The molecule has 0 saturated carbocycles. The van der Waals surface area contributed by atoms with Gasteiger partial charge in [-0.1, -0.05) is 36.7 Å². The van der Waals surface area contributed by atoms with E-state index in [0.29, 0.717) is 43.7 Å². The van der Waals surface area contributed by atoms with Gasteiger partial charge in [0, 0.05) is 6.54 Å². The van der Waals surface area contributed by atoms with Crippen LogP contribution in [-0.2, 0) is 11.2 Å².